The predicted octanol–water partition coefficient (Wildman–Crippen LogP) is 4.75. The zero-order valence-electron chi connectivity index (χ0n) is 12.5. The Balaban J connectivity index is 1.72. The van der Waals surface area contributed by atoms with Crippen molar-refractivity contribution in [3.8, 4) is 5.75 Å². The van der Waals surface area contributed by atoms with E-state index < -0.39 is 0 Å². The molecule has 1 aliphatic heterocycles. The van der Waals surface area contributed by atoms with Gasteiger partial charge in [-0.05, 0) is 38.2 Å². The maximum absolute atomic E-state index is 10.2. The summed E-state index contributed by atoms with van der Waals surface area (Å²) < 4.78 is 6.53. The lowest BCUT2D eigenvalue weighted by molar-refractivity contribution is -0.107. The fourth-order valence-corrected chi connectivity index (χ4v) is 4.62. The molecule has 1 aromatic carbocycles. The molecule has 0 aromatic heterocycles. The van der Waals surface area contributed by atoms with Gasteiger partial charge in [0, 0.05) is 17.4 Å². The van der Waals surface area contributed by atoms with E-state index in [1.54, 1.807) is 11.6 Å². The summed E-state index contributed by atoms with van der Waals surface area (Å²) in [5.41, 5.74) is 2.63. The van der Waals surface area contributed by atoms with Crippen LogP contribution >= 0.6 is 0 Å². The van der Waals surface area contributed by atoms with Crippen molar-refractivity contribution in [3.63, 3.8) is 0 Å². The summed E-state index contributed by atoms with van der Waals surface area (Å²) in [5, 5.41) is 10.2. The van der Waals surface area contributed by atoms with E-state index in [1.165, 1.54) is 44.9 Å². The normalized spacial score (nSPS) is 35.5. The van der Waals surface area contributed by atoms with Crippen molar-refractivity contribution < 1.29 is 9.84 Å². The molecule has 0 spiro atoms. The molecule has 0 bridgehead atoms. The lowest BCUT2D eigenvalue weighted by Gasteiger charge is -2.47. The van der Waals surface area contributed by atoms with Crippen LogP contribution in [0, 0.1) is 11.8 Å². The summed E-state index contributed by atoms with van der Waals surface area (Å²) in [4.78, 5) is 0. The summed E-state index contributed by atoms with van der Waals surface area (Å²) in [6.45, 7) is 0. The third-order valence-electron chi connectivity index (χ3n) is 5.59. The van der Waals surface area contributed by atoms with Gasteiger partial charge in [0.1, 0.15) is 5.75 Å². The first-order valence-electron chi connectivity index (χ1n) is 8.48. The molecular formula is C19H24O2. The molecule has 1 saturated carbocycles. The Morgan fingerprint density at radius 3 is 2.67 bits per heavy atom. The molecule has 1 aromatic rings. The minimum Gasteiger partial charge on any atom is -0.508 e. The first-order chi connectivity index (χ1) is 10.3. The van der Waals surface area contributed by atoms with E-state index in [0.29, 0.717) is 23.7 Å². The molecule has 4 rings (SSSR count). The standard InChI is InChI=1S/C19H24O2/c20-17-11-5-3-10-16(17)19-15-9-2-1-7-13(15)14-8-4-6-12-18(14)21-19/h3,5,7,10-11,14-15,18-20H,1-2,4,6,8-9,12H2/t14-,15-,18-,19+/m1/s1. The highest BCUT2D eigenvalue weighted by atomic mass is 16.5. The molecule has 3 aliphatic rings. The van der Waals surface area contributed by atoms with Crippen LogP contribution in [-0.2, 0) is 4.74 Å². The Hall–Kier alpha value is -1.28. The Kier molecular flexibility index (Phi) is 3.50. The van der Waals surface area contributed by atoms with Crippen LogP contribution in [0.15, 0.2) is 35.9 Å². The van der Waals surface area contributed by atoms with Gasteiger partial charge in [-0.25, -0.2) is 0 Å². The van der Waals surface area contributed by atoms with Crippen molar-refractivity contribution in [2.45, 2.75) is 57.2 Å². The van der Waals surface area contributed by atoms with E-state index >= 15 is 0 Å². The number of aromatic hydroxyl groups is 1. The van der Waals surface area contributed by atoms with E-state index in [9.17, 15) is 5.11 Å². The van der Waals surface area contributed by atoms with Gasteiger partial charge in [-0.3, -0.25) is 0 Å². The van der Waals surface area contributed by atoms with Gasteiger partial charge in [-0.1, -0.05) is 42.7 Å². The largest absolute Gasteiger partial charge is 0.508 e. The van der Waals surface area contributed by atoms with E-state index in [2.05, 4.69) is 6.08 Å². The Labute approximate surface area is 126 Å². The number of rotatable bonds is 1. The second-order valence-corrected chi connectivity index (χ2v) is 6.79. The third kappa shape index (κ3) is 2.30. The van der Waals surface area contributed by atoms with Crippen molar-refractivity contribution in [1.82, 2.24) is 0 Å². The second-order valence-electron chi connectivity index (χ2n) is 6.79. The van der Waals surface area contributed by atoms with Gasteiger partial charge in [0.2, 0.25) is 0 Å². The molecule has 0 radical (unpaired) electrons. The van der Waals surface area contributed by atoms with E-state index in [4.69, 9.17) is 4.74 Å². The lowest BCUT2D eigenvalue weighted by Crippen LogP contribution is -2.41. The smallest absolute Gasteiger partial charge is 0.121 e. The van der Waals surface area contributed by atoms with Crippen molar-refractivity contribution in [3.05, 3.63) is 41.5 Å². The summed E-state index contributed by atoms with van der Waals surface area (Å²) in [6.07, 6.45) is 11.7. The minimum absolute atomic E-state index is 0.0529. The number of hydrogen-bond acceptors (Lipinski definition) is 2. The van der Waals surface area contributed by atoms with Gasteiger partial charge in [0.25, 0.3) is 0 Å². The van der Waals surface area contributed by atoms with Crippen molar-refractivity contribution >= 4 is 0 Å². The summed E-state index contributed by atoms with van der Waals surface area (Å²) >= 11 is 0. The van der Waals surface area contributed by atoms with Gasteiger partial charge in [0.15, 0.2) is 0 Å². The van der Waals surface area contributed by atoms with Gasteiger partial charge in [-0.2, -0.15) is 0 Å². The first kappa shape index (κ1) is 13.4. The highest BCUT2D eigenvalue weighted by Crippen LogP contribution is 2.52. The van der Waals surface area contributed by atoms with E-state index in [1.807, 2.05) is 18.2 Å². The molecule has 2 heteroatoms. The average molecular weight is 284 g/mol. The Morgan fingerprint density at radius 2 is 1.76 bits per heavy atom. The summed E-state index contributed by atoms with van der Waals surface area (Å²) in [5.74, 6) is 1.51. The van der Waals surface area contributed by atoms with Gasteiger partial charge in [0.05, 0.1) is 12.2 Å². The maximum Gasteiger partial charge on any atom is 0.121 e. The molecule has 1 saturated heterocycles. The Bertz CT molecular complexity index is 548. The second kappa shape index (κ2) is 5.49. The highest BCUT2D eigenvalue weighted by Gasteiger charge is 2.44. The predicted molar refractivity (Wildman–Crippen MR) is 83.1 cm³/mol. The maximum atomic E-state index is 10.2. The number of hydrogen-bond donors (Lipinski definition) is 1. The quantitative estimate of drug-likeness (QED) is 0.754. The van der Waals surface area contributed by atoms with Crippen molar-refractivity contribution in [2.24, 2.45) is 11.8 Å². The lowest BCUT2D eigenvalue weighted by atomic mass is 9.68. The summed E-state index contributed by atoms with van der Waals surface area (Å²) in [6, 6.07) is 7.73. The molecule has 112 valence electrons. The number of phenols is 1. The molecule has 21 heavy (non-hydrogen) atoms. The van der Waals surface area contributed by atoms with Crippen molar-refractivity contribution in [1.29, 1.82) is 0 Å². The van der Waals surface area contributed by atoms with Crippen molar-refractivity contribution in [2.75, 3.05) is 0 Å². The first-order valence-corrected chi connectivity index (χ1v) is 8.48. The zero-order valence-corrected chi connectivity index (χ0v) is 12.5. The van der Waals surface area contributed by atoms with Crippen LogP contribution in [0.4, 0.5) is 0 Å². The third-order valence-corrected chi connectivity index (χ3v) is 5.59. The topological polar surface area (TPSA) is 29.5 Å². The molecule has 0 unspecified atom stereocenters. The molecule has 1 heterocycles. The van der Waals surface area contributed by atoms with Crippen LogP contribution in [0.2, 0.25) is 0 Å². The molecule has 2 aliphatic carbocycles. The molecule has 1 N–H and O–H groups in total. The molecule has 0 amide bonds. The van der Waals surface area contributed by atoms with Gasteiger partial charge in [-0.15, -0.1) is 0 Å². The van der Waals surface area contributed by atoms with Gasteiger partial charge < -0.3 is 9.84 Å². The SMILES string of the molecule is Oc1ccccc1[C@H]1O[C@@H]2CCCC[C@@H]2C2=CCCC[C@H]21. The van der Waals surface area contributed by atoms with Crippen LogP contribution in [-0.4, -0.2) is 11.2 Å². The molecule has 2 fully saturated rings. The average Bonchev–Trinajstić information content (AvgIpc) is 2.55. The van der Waals surface area contributed by atoms with Crippen LogP contribution in [0.3, 0.4) is 0 Å². The molecule has 2 nitrogen and oxygen atoms in total. The molecule has 4 atom stereocenters. The number of fused-ring (bicyclic) bond motifs is 3. The highest BCUT2D eigenvalue weighted by molar-refractivity contribution is 5.37. The number of ether oxygens (including phenoxy) is 1. The molecular weight excluding hydrogens is 260 g/mol. The van der Waals surface area contributed by atoms with E-state index in [-0.39, 0.29) is 6.10 Å². The van der Waals surface area contributed by atoms with Crippen LogP contribution in [0.25, 0.3) is 0 Å². The monoisotopic (exact) mass is 284 g/mol. The fourth-order valence-electron chi connectivity index (χ4n) is 4.62. The van der Waals surface area contributed by atoms with Crippen LogP contribution in [0.5, 0.6) is 5.75 Å². The van der Waals surface area contributed by atoms with Crippen LogP contribution < -0.4 is 0 Å². The van der Waals surface area contributed by atoms with Gasteiger partial charge >= 0.3 is 0 Å². The fraction of sp³-hybridized carbons (Fsp3) is 0.579. The zero-order chi connectivity index (χ0) is 14.2. The number of phenolic OH excluding ortho intramolecular Hbond substituents is 1. The van der Waals surface area contributed by atoms with E-state index in [0.717, 1.165) is 5.56 Å². The number of para-hydroxylation sites is 1. The Morgan fingerprint density at radius 1 is 0.952 bits per heavy atom. The number of benzene rings is 1. The summed E-state index contributed by atoms with van der Waals surface area (Å²) in [7, 11) is 0. The number of allylic oxidation sites excluding steroid dienone is 1. The minimum atomic E-state index is 0.0529. The van der Waals surface area contributed by atoms with Crippen LogP contribution in [0.1, 0.15) is 56.6 Å².